The van der Waals surface area contributed by atoms with Gasteiger partial charge in [-0.3, -0.25) is 0 Å². The monoisotopic (exact) mass is 290 g/mol. The summed E-state index contributed by atoms with van der Waals surface area (Å²) in [6.07, 6.45) is 1.15. The van der Waals surface area contributed by atoms with Gasteiger partial charge in [-0.25, -0.2) is 4.98 Å². The zero-order chi connectivity index (χ0) is 14.4. The average Bonchev–Trinajstić information content (AvgIpc) is 2.81. The van der Waals surface area contributed by atoms with E-state index < -0.39 is 0 Å². The van der Waals surface area contributed by atoms with E-state index in [2.05, 4.69) is 25.2 Å². The van der Waals surface area contributed by atoms with Crippen LogP contribution >= 0.6 is 11.3 Å². The van der Waals surface area contributed by atoms with E-state index in [1.54, 1.807) is 11.3 Å². The fraction of sp³-hybridized carbons (Fsp3) is 0.438. The van der Waals surface area contributed by atoms with E-state index >= 15 is 0 Å². The van der Waals surface area contributed by atoms with Gasteiger partial charge in [-0.1, -0.05) is 19.1 Å². The number of thiazole rings is 1. The molecule has 1 aromatic carbocycles. The highest BCUT2D eigenvalue weighted by molar-refractivity contribution is 7.15. The van der Waals surface area contributed by atoms with Gasteiger partial charge >= 0.3 is 0 Å². The Balaban J connectivity index is 2.23. The van der Waals surface area contributed by atoms with Crippen LogP contribution in [0.1, 0.15) is 30.8 Å². The van der Waals surface area contributed by atoms with Crippen LogP contribution in [-0.2, 0) is 6.54 Å². The molecule has 0 aliphatic heterocycles. The van der Waals surface area contributed by atoms with Crippen LogP contribution in [0.5, 0.6) is 5.75 Å². The van der Waals surface area contributed by atoms with Crippen molar-refractivity contribution in [1.82, 2.24) is 10.3 Å². The number of aryl methyl sites for hydroxylation is 1. The minimum atomic E-state index is 0.673. The molecule has 0 fully saturated rings. The summed E-state index contributed by atoms with van der Waals surface area (Å²) in [7, 11) is 0. The molecule has 0 spiro atoms. The third-order valence-electron chi connectivity index (χ3n) is 3.02. The number of rotatable bonds is 7. The first-order chi connectivity index (χ1) is 9.76. The highest BCUT2D eigenvalue weighted by atomic mass is 32.1. The Morgan fingerprint density at radius 2 is 2.05 bits per heavy atom. The molecule has 2 rings (SSSR count). The van der Waals surface area contributed by atoms with E-state index in [-0.39, 0.29) is 0 Å². The lowest BCUT2D eigenvalue weighted by Gasteiger charge is -2.07. The lowest BCUT2D eigenvalue weighted by molar-refractivity contribution is 0.341. The second-order valence-corrected chi connectivity index (χ2v) is 5.72. The molecule has 0 unspecified atom stereocenters. The Kier molecular flexibility index (Phi) is 5.56. The van der Waals surface area contributed by atoms with Crippen LogP contribution in [0.4, 0.5) is 0 Å². The van der Waals surface area contributed by atoms with E-state index in [1.807, 2.05) is 25.1 Å². The van der Waals surface area contributed by atoms with Gasteiger partial charge in [-0.05, 0) is 38.9 Å². The van der Waals surface area contributed by atoms with E-state index in [1.165, 1.54) is 4.88 Å². The van der Waals surface area contributed by atoms with Crippen molar-refractivity contribution in [3.8, 4) is 16.3 Å². The summed E-state index contributed by atoms with van der Waals surface area (Å²) in [4.78, 5) is 6.01. The molecule has 3 nitrogen and oxygen atoms in total. The molecule has 2 aromatic rings. The number of nitrogens with one attached hydrogen (secondary N) is 1. The number of hydrogen-bond acceptors (Lipinski definition) is 4. The molecule has 0 radical (unpaired) electrons. The standard InChI is InChI=1S/C16H22N2OS/c1-4-10-17-11-15-12(3)18-16(20-15)13-8-6-7-9-14(13)19-5-2/h6-9,17H,4-5,10-11H2,1-3H3. The minimum absolute atomic E-state index is 0.673. The van der Waals surface area contributed by atoms with Crippen molar-refractivity contribution in [3.63, 3.8) is 0 Å². The fourth-order valence-corrected chi connectivity index (χ4v) is 3.07. The molecule has 108 valence electrons. The first kappa shape index (κ1) is 15.0. The number of nitrogens with zero attached hydrogens (tertiary/aromatic N) is 1. The third kappa shape index (κ3) is 3.58. The second kappa shape index (κ2) is 7.41. The Bertz CT molecular complexity index is 551. The van der Waals surface area contributed by atoms with Crippen LogP contribution in [0.15, 0.2) is 24.3 Å². The molecule has 1 heterocycles. The first-order valence-corrected chi connectivity index (χ1v) is 7.97. The van der Waals surface area contributed by atoms with Crippen LogP contribution < -0.4 is 10.1 Å². The summed E-state index contributed by atoms with van der Waals surface area (Å²) >= 11 is 1.75. The molecule has 0 aliphatic rings. The van der Waals surface area contributed by atoms with Gasteiger partial charge < -0.3 is 10.1 Å². The maximum absolute atomic E-state index is 5.69. The number of ether oxygens (including phenoxy) is 1. The van der Waals surface area contributed by atoms with E-state index in [0.717, 1.165) is 41.5 Å². The molecule has 0 aliphatic carbocycles. The lowest BCUT2D eigenvalue weighted by Crippen LogP contribution is -2.13. The molecular formula is C16H22N2OS. The molecule has 0 atom stereocenters. The quantitative estimate of drug-likeness (QED) is 0.782. The van der Waals surface area contributed by atoms with Crippen LogP contribution in [0.25, 0.3) is 10.6 Å². The summed E-state index contributed by atoms with van der Waals surface area (Å²) in [6.45, 7) is 8.87. The zero-order valence-corrected chi connectivity index (χ0v) is 13.2. The minimum Gasteiger partial charge on any atom is -0.493 e. The van der Waals surface area contributed by atoms with Gasteiger partial charge in [-0.2, -0.15) is 0 Å². The largest absolute Gasteiger partial charge is 0.493 e. The number of para-hydroxylation sites is 1. The summed E-state index contributed by atoms with van der Waals surface area (Å²) in [5.41, 5.74) is 2.20. The lowest BCUT2D eigenvalue weighted by atomic mass is 10.2. The normalized spacial score (nSPS) is 10.8. The average molecular weight is 290 g/mol. The van der Waals surface area contributed by atoms with Crippen LogP contribution in [0.3, 0.4) is 0 Å². The topological polar surface area (TPSA) is 34.1 Å². The van der Waals surface area contributed by atoms with Crippen LogP contribution in [-0.4, -0.2) is 18.1 Å². The predicted octanol–water partition coefficient (Wildman–Crippen LogP) is 4.02. The van der Waals surface area contributed by atoms with E-state index in [9.17, 15) is 0 Å². The molecule has 4 heteroatoms. The van der Waals surface area contributed by atoms with Gasteiger partial charge in [0, 0.05) is 11.4 Å². The van der Waals surface area contributed by atoms with Crippen molar-refractivity contribution in [1.29, 1.82) is 0 Å². The van der Waals surface area contributed by atoms with Gasteiger partial charge in [0.2, 0.25) is 0 Å². The SMILES string of the molecule is CCCNCc1sc(-c2ccccc2OCC)nc1C. The van der Waals surface area contributed by atoms with Crippen molar-refractivity contribution in [2.75, 3.05) is 13.2 Å². The molecule has 1 N–H and O–H groups in total. The van der Waals surface area contributed by atoms with Gasteiger partial charge in [0.1, 0.15) is 10.8 Å². The fourth-order valence-electron chi connectivity index (χ4n) is 2.01. The first-order valence-electron chi connectivity index (χ1n) is 7.15. The van der Waals surface area contributed by atoms with Crippen molar-refractivity contribution < 1.29 is 4.74 Å². The Hall–Kier alpha value is -1.39. The van der Waals surface area contributed by atoms with Crippen molar-refractivity contribution in [2.24, 2.45) is 0 Å². The molecule has 20 heavy (non-hydrogen) atoms. The van der Waals surface area contributed by atoms with Gasteiger partial charge in [0.25, 0.3) is 0 Å². The molecule has 0 bridgehead atoms. The predicted molar refractivity (Wildman–Crippen MR) is 85.5 cm³/mol. The Morgan fingerprint density at radius 1 is 1.25 bits per heavy atom. The van der Waals surface area contributed by atoms with Gasteiger partial charge in [0.15, 0.2) is 0 Å². The molecule has 0 saturated heterocycles. The molecule has 0 saturated carbocycles. The Labute approximate surface area is 125 Å². The highest BCUT2D eigenvalue weighted by Gasteiger charge is 2.12. The van der Waals surface area contributed by atoms with Crippen LogP contribution in [0, 0.1) is 6.92 Å². The Morgan fingerprint density at radius 3 is 2.80 bits per heavy atom. The highest BCUT2D eigenvalue weighted by Crippen LogP contribution is 2.34. The van der Waals surface area contributed by atoms with E-state index in [4.69, 9.17) is 9.72 Å². The van der Waals surface area contributed by atoms with Gasteiger partial charge in [-0.15, -0.1) is 11.3 Å². The zero-order valence-electron chi connectivity index (χ0n) is 12.4. The molecule has 0 amide bonds. The summed E-state index contributed by atoms with van der Waals surface area (Å²) in [6, 6.07) is 8.11. The maximum Gasteiger partial charge on any atom is 0.129 e. The summed E-state index contributed by atoms with van der Waals surface area (Å²) in [5, 5.41) is 4.48. The van der Waals surface area contributed by atoms with Crippen molar-refractivity contribution >= 4 is 11.3 Å². The molecular weight excluding hydrogens is 268 g/mol. The molecule has 1 aromatic heterocycles. The number of hydrogen-bond donors (Lipinski definition) is 1. The van der Waals surface area contributed by atoms with Crippen LogP contribution in [0.2, 0.25) is 0 Å². The number of aromatic nitrogens is 1. The third-order valence-corrected chi connectivity index (χ3v) is 4.21. The van der Waals surface area contributed by atoms with Gasteiger partial charge in [0.05, 0.1) is 17.9 Å². The summed E-state index contributed by atoms with van der Waals surface area (Å²) < 4.78 is 5.69. The van der Waals surface area contributed by atoms with Crippen molar-refractivity contribution in [2.45, 2.75) is 33.7 Å². The summed E-state index contributed by atoms with van der Waals surface area (Å²) in [5.74, 6) is 0.914. The smallest absolute Gasteiger partial charge is 0.129 e. The van der Waals surface area contributed by atoms with E-state index in [0.29, 0.717) is 6.61 Å². The van der Waals surface area contributed by atoms with Crippen molar-refractivity contribution in [3.05, 3.63) is 34.8 Å². The maximum atomic E-state index is 5.69. The second-order valence-electron chi connectivity index (χ2n) is 4.63. The number of benzene rings is 1.